The van der Waals surface area contributed by atoms with Crippen molar-refractivity contribution in [3.8, 4) is 11.8 Å². The van der Waals surface area contributed by atoms with E-state index in [-0.39, 0.29) is 5.75 Å². The first-order chi connectivity index (χ1) is 11.5. The molecule has 0 spiro atoms. The lowest BCUT2D eigenvalue weighted by Gasteiger charge is -2.09. The van der Waals surface area contributed by atoms with E-state index in [0.29, 0.717) is 26.9 Å². The van der Waals surface area contributed by atoms with E-state index in [9.17, 15) is 10.4 Å². The van der Waals surface area contributed by atoms with Crippen LogP contribution in [0.15, 0.2) is 32.2 Å². The van der Waals surface area contributed by atoms with E-state index >= 15 is 0 Å². The van der Waals surface area contributed by atoms with Gasteiger partial charge >= 0.3 is 0 Å². The number of aryl methyl sites for hydroxylation is 1. The zero-order chi connectivity index (χ0) is 17.7. The Bertz CT molecular complexity index is 809. The number of benzene rings is 1. The molecule has 0 bridgehead atoms. The lowest BCUT2D eigenvalue weighted by Crippen LogP contribution is -2.03. The summed E-state index contributed by atoms with van der Waals surface area (Å²) >= 11 is 6.52. The average Bonchev–Trinajstić information content (AvgIpc) is 2.52. The molecular formula is C16H14Br2N4O2. The summed E-state index contributed by atoms with van der Waals surface area (Å²) in [6.07, 6.45) is 1.57. The number of ether oxygens (including phenoxy) is 1. The van der Waals surface area contributed by atoms with Crippen molar-refractivity contribution in [3.63, 3.8) is 0 Å². The highest BCUT2D eigenvalue weighted by atomic mass is 79.9. The summed E-state index contributed by atoms with van der Waals surface area (Å²) in [5.74, 6) is 0.495. The predicted molar refractivity (Wildman–Crippen MR) is 99.1 cm³/mol. The Kier molecular flexibility index (Phi) is 6.31. The van der Waals surface area contributed by atoms with Crippen molar-refractivity contribution in [2.75, 3.05) is 12.5 Å². The maximum Gasteiger partial charge on any atom is 0.164 e. The van der Waals surface area contributed by atoms with Crippen LogP contribution in [0.2, 0.25) is 0 Å². The van der Waals surface area contributed by atoms with Crippen molar-refractivity contribution in [3.05, 3.63) is 49.5 Å². The van der Waals surface area contributed by atoms with Gasteiger partial charge in [0.2, 0.25) is 0 Å². The number of rotatable bonds is 5. The number of hydrogen-bond donors (Lipinski definition) is 2. The molecule has 0 aliphatic heterocycles. The van der Waals surface area contributed by atoms with Crippen molar-refractivity contribution in [1.29, 1.82) is 5.26 Å². The number of methoxy groups -OCH3 is 1. The molecule has 2 N–H and O–H groups in total. The molecule has 6 nitrogen and oxygen atoms in total. The van der Waals surface area contributed by atoms with Crippen LogP contribution in [0, 0.1) is 18.3 Å². The largest absolute Gasteiger partial charge is 0.506 e. The van der Waals surface area contributed by atoms with Gasteiger partial charge in [-0.1, -0.05) is 0 Å². The molecule has 1 aromatic carbocycles. The number of phenolic OH excluding ortho intramolecular Hbond substituents is 1. The fraction of sp³-hybridized carbons (Fsp3) is 0.188. The molecule has 0 saturated heterocycles. The van der Waals surface area contributed by atoms with Crippen molar-refractivity contribution < 1.29 is 9.84 Å². The minimum absolute atomic E-state index is 0.122. The third-order valence-electron chi connectivity index (χ3n) is 3.06. The Hall–Kier alpha value is -1.95. The molecule has 2 rings (SSSR count). The first kappa shape index (κ1) is 18.4. The first-order valence-electron chi connectivity index (χ1n) is 6.83. The smallest absolute Gasteiger partial charge is 0.164 e. The lowest BCUT2D eigenvalue weighted by molar-refractivity contribution is 0.184. The van der Waals surface area contributed by atoms with Crippen molar-refractivity contribution >= 4 is 43.9 Å². The second kappa shape index (κ2) is 8.24. The Morgan fingerprint density at radius 2 is 2.04 bits per heavy atom. The van der Waals surface area contributed by atoms with Crippen LogP contribution in [0.1, 0.15) is 22.4 Å². The summed E-state index contributed by atoms with van der Waals surface area (Å²) in [5, 5.41) is 23.2. The van der Waals surface area contributed by atoms with Crippen LogP contribution in [-0.2, 0) is 11.3 Å². The standard InChI is InChI=1S/C16H14Br2N4O2/c1-9-3-11(8-24-2)12(6-19)16(21-9)22-20-7-10-4-13(17)15(23)14(18)5-10/h3-5,7,23H,8H2,1-2H3,(H,21,22)/b20-7+. The van der Waals surface area contributed by atoms with Gasteiger partial charge < -0.3 is 9.84 Å². The van der Waals surface area contributed by atoms with Crippen molar-refractivity contribution in [2.45, 2.75) is 13.5 Å². The maximum atomic E-state index is 9.70. The molecule has 0 radical (unpaired) electrons. The van der Waals surface area contributed by atoms with E-state index in [2.05, 4.69) is 53.4 Å². The molecule has 2 aromatic rings. The number of halogens is 2. The number of nitrogens with zero attached hydrogens (tertiary/aromatic N) is 3. The van der Waals surface area contributed by atoms with E-state index in [1.807, 2.05) is 13.0 Å². The third kappa shape index (κ3) is 4.32. The van der Waals surface area contributed by atoms with E-state index in [4.69, 9.17) is 4.74 Å². The summed E-state index contributed by atoms with van der Waals surface area (Å²) in [6, 6.07) is 7.37. The quantitative estimate of drug-likeness (QED) is 0.525. The molecule has 0 aliphatic rings. The molecule has 0 atom stereocenters. The van der Waals surface area contributed by atoms with Gasteiger partial charge in [-0.15, -0.1) is 0 Å². The van der Waals surface area contributed by atoms with Crippen LogP contribution >= 0.6 is 31.9 Å². The maximum absolute atomic E-state index is 9.70. The van der Waals surface area contributed by atoms with Gasteiger partial charge in [0.1, 0.15) is 17.4 Å². The van der Waals surface area contributed by atoms with E-state index < -0.39 is 0 Å². The highest BCUT2D eigenvalue weighted by Gasteiger charge is 2.11. The lowest BCUT2D eigenvalue weighted by atomic mass is 10.1. The van der Waals surface area contributed by atoms with Crippen molar-refractivity contribution in [2.24, 2.45) is 5.10 Å². The van der Waals surface area contributed by atoms with Gasteiger partial charge in [-0.2, -0.15) is 10.4 Å². The highest BCUT2D eigenvalue weighted by Crippen LogP contribution is 2.32. The number of hydrogen-bond acceptors (Lipinski definition) is 6. The van der Waals surface area contributed by atoms with Gasteiger partial charge in [0.05, 0.1) is 21.8 Å². The molecular weight excluding hydrogens is 440 g/mol. The number of pyridine rings is 1. The van der Waals surface area contributed by atoms with Gasteiger partial charge in [-0.25, -0.2) is 4.98 Å². The molecule has 0 unspecified atom stereocenters. The number of nitrogens with one attached hydrogen (secondary N) is 1. The first-order valence-corrected chi connectivity index (χ1v) is 8.41. The van der Waals surface area contributed by atoms with Gasteiger partial charge in [-0.3, -0.25) is 5.43 Å². The average molecular weight is 454 g/mol. The number of aromatic hydroxyl groups is 1. The third-order valence-corrected chi connectivity index (χ3v) is 4.27. The number of anilines is 1. The minimum Gasteiger partial charge on any atom is -0.506 e. The predicted octanol–water partition coefficient (Wildman–Crippen LogP) is 4.08. The minimum atomic E-state index is 0.122. The van der Waals surface area contributed by atoms with Crippen LogP contribution in [0.5, 0.6) is 5.75 Å². The molecule has 8 heteroatoms. The Balaban J connectivity index is 2.27. The molecule has 0 saturated carbocycles. The SMILES string of the molecule is COCc1cc(C)nc(N/N=C/c2cc(Br)c(O)c(Br)c2)c1C#N. The Morgan fingerprint density at radius 3 is 2.62 bits per heavy atom. The molecule has 1 heterocycles. The fourth-order valence-electron chi connectivity index (χ4n) is 2.04. The van der Waals surface area contributed by atoms with Crippen LogP contribution < -0.4 is 5.43 Å². The number of nitriles is 1. The van der Waals surface area contributed by atoms with Crippen molar-refractivity contribution in [1.82, 2.24) is 4.98 Å². The number of phenols is 1. The van der Waals surface area contributed by atoms with Gasteiger partial charge in [0.25, 0.3) is 0 Å². The zero-order valence-corrected chi connectivity index (χ0v) is 16.1. The van der Waals surface area contributed by atoms with E-state index in [1.165, 1.54) is 0 Å². The summed E-state index contributed by atoms with van der Waals surface area (Å²) in [7, 11) is 1.57. The van der Waals surface area contributed by atoms with E-state index in [0.717, 1.165) is 16.8 Å². The Labute approximate surface area is 156 Å². The summed E-state index contributed by atoms with van der Waals surface area (Å²) in [6.45, 7) is 2.16. The molecule has 24 heavy (non-hydrogen) atoms. The van der Waals surface area contributed by atoms with Crippen LogP contribution in [-0.4, -0.2) is 23.4 Å². The fourth-order valence-corrected chi connectivity index (χ4v) is 3.27. The monoisotopic (exact) mass is 452 g/mol. The second-order valence-electron chi connectivity index (χ2n) is 4.89. The highest BCUT2D eigenvalue weighted by molar-refractivity contribution is 9.11. The molecule has 0 fully saturated rings. The zero-order valence-electron chi connectivity index (χ0n) is 13.0. The summed E-state index contributed by atoms with van der Waals surface area (Å²) < 4.78 is 6.21. The Morgan fingerprint density at radius 1 is 1.38 bits per heavy atom. The summed E-state index contributed by atoms with van der Waals surface area (Å²) in [5.41, 5.74) is 5.45. The molecule has 1 aromatic heterocycles. The second-order valence-corrected chi connectivity index (χ2v) is 6.60. The van der Waals surface area contributed by atoms with Gasteiger partial charge in [-0.05, 0) is 62.5 Å². The topological polar surface area (TPSA) is 90.5 Å². The molecule has 124 valence electrons. The molecule has 0 aliphatic carbocycles. The number of hydrazone groups is 1. The van der Waals surface area contributed by atoms with Crippen LogP contribution in [0.25, 0.3) is 0 Å². The van der Waals surface area contributed by atoms with Crippen LogP contribution in [0.4, 0.5) is 5.82 Å². The number of aromatic nitrogens is 1. The molecule has 0 amide bonds. The summed E-state index contributed by atoms with van der Waals surface area (Å²) in [4.78, 5) is 4.31. The van der Waals surface area contributed by atoms with Gasteiger partial charge in [0.15, 0.2) is 5.82 Å². The van der Waals surface area contributed by atoms with Crippen LogP contribution in [0.3, 0.4) is 0 Å². The normalized spacial score (nSPS) is 10.8. The van der Waals surface area contributed by atoms with Gasteiger partial charge in [0, 0.05) is 18.4 Å². The van der Waals surface area contributed by atoms with E-state index in [1.54, 1.807) is 25.5 Å².